The number of carbonyl (C=O) groups excluding carboxylic acids is 3. The van der Waals surface area contributed by atoms with Gasteiger partial charge in [0.05, 0.1) is 10.7 Å². The summed E-state index contributed by atoms with van der Waals surface area (Å²) in [7, 11) is 0. The summed E-state index contributed by atoms with van der Waals surface area (Å²) in [5.41, 5.74) is 1.89. The maximum absolute atomic E-state index is 13.4. The van der Waals surface area contributed by atoms with E-state index in [4.69, 9.17) is 11.6 Å². The summed E-state index contributed by atoms with van der Waals surface area (Å²) in [6.45, 7) is 1.78. The van der Waals surface area contributed by atoms with Crippen molar-refractivity contribution in [2.75, 3.05) is 16.8 Å². The summed E-state index contributed by atoms with van der Waals surface area (Å²) < 4.78 is 13.4. The molecule has 0 spiro atoms. The van der Waals surface area contributed by atoms with Crippen molar-refractivity contribution in [2.45, 2.75) is 25.4 Å². The minimum absolute atomic E-state index is 0.140. The van der Waals surface area contributed by atoms with Crippen molar-refractivity contribution in [3.8, 4) is 0 Å². The molecule has 2 heterocycles. The molecule has 1 saturated heterocycles. The predicted octanol–water partition coefficient (Wildman–Crippen LogP) is 2.97. The van der Waals surface area contributed by atoms with Crippen molar-refractivity contribution in [3.63, 3.8) is 0 Å². The first-order chi connectivity index (χ1) is 14.4. The van der Waals surface area contributed by atoms with Gasteiger partial charge in [-0.3, -0.25) is 19.4 Å². The lowest BCUT2D eigenvalue weighted by Gasteiger charge is -2.20. The van der Waals surface area contributed by atoms with Crippen LogP contribution in [0.2, 0.25) is 5.02 Å². The van der Waals surface area contributed by atoms with Gasteiger partial charge in [0.2, 0.25) is 5.91 Å². The Morgan fingerprint density at radius 1 is 1.17 bits per heavy atom. The second-order valence-electron chi connectivity index (χ2n) is 6.90. The van der Waals surface area contributed by atoms with Gasteiger partial charge in [0.1, 0.15) is 12.4 Å². The Kier molecular flexibility index (Phi) is 5.21. The van der Waals surface area contributed by atoms with Gasteiger partial charge in [-0.15, -0.1) is 0 Å². The maximum Gasteiger partial charge on any atom is 0.263 e. The Balaban J connectivity index is 1.47. The van der Waals surface area contributed by atoms with E-state index >= 15 is 0 Å². The van der Waals surface area contributed by atoms with Crippen molar-refractivity contribution >= 4 is 40.7 Å². The SMILES string of the molecule is CCc1ccc(NC(=O)CN2N=N[C@@H]3C(=O)N(c4ccc(F)c(Cl)c4)C(=O)[C@H]32)cc1. The average molecular weight is 430 g/mol. The zero-order valence-corrected chi connectivity index (χ0v) is 16.6. The largest absolute Gasteiger partial charge is 0.324 e. The third kappa shape index (κ3) is 3.52. The summed E-state index contributed by atoms with van der Waals surface area (Å²) in [6, 6.07) is 8.85. The fraction of sp³-hybridized carbons (Fsp3) is 0.250. The number of aryl methyl sites for hydroxylation is 1. The van der Waals surface area contributed by atoms with Gasteiger partial charge in [0.15, 0.2) is 12.1 Å². The molecule has 0 aliphatic carbocycles. The Morgan fingerprint density at radius 3 is 2.57 bits per heavy atom. The van der Waals surface area contributed by atoms with Gasteiger partial charge < -0.3 is 5.32 Å². The van der Waals surface area contributed by atoms with Crippen LogP contribution >= 0.6 is 11.6 Å². The number of hydrogen-bond donors (Lipinski definition) is 1. The number of rotatable bonds is 5. The molecular weight excluding hydrogens is 413 g/mol. The first-order valence-corrected chi connectivity index (χ1v) is 9.66. The molecule has 2 aromatic rings. The summed E-state index contributed by atoms with van der Waals surface area (Å²) in [5, 5.41) is 11.4. The van der Waals surface area contributed by atoms with Crippen LogP contribution in [0.3, 0.4) is 0 Å². The molecule has 2 aromatic carbocycles. The van der Waals surface area contributed by atoms with E-state index in [1.807, 2.05) is 19.1 Å². The number of benzene rings is 2. The Bertz CT molecular complexity index is 1060. The number of imide groups is 1. The molecule has 0 bridgehead atoms. The Morgan fingerprint density at radius 2 is 1.90 bits per heavy atom. The summed E-state index contributed by atoms with van der Waals surface area (Å²) >= 11 is 5.77. The number of carbonyl (C=O) groups is 3. The first-order valence-electron chi connectivity index (χ1n) is 9.28. The van der Waals surface area contributed by atoms with E-state index in [0.29, 0.717) is 5.69 Å². The number of halogens is 2. The topological polar surface area (TPSA) is 94.4 Å². The van der Waals surface area contributed by atoms with E-state index in [2.05, 4.69) is 15.7 Å². The highest BCUT2D eigenvalue weighted by atomic mass is 35.5. The zero-order valence-electron chi connectivity index (χ0n) is 15.9. The van der Waals surface area contributed by atoms with Crippen molar-refractivity contribution in [2.24, 2.45) is 10.3 Å². The monoisotopic (exact) mass is 429 g/mol. The lowest BCUT2D eigenvalue weighted by atomic mass is 10.1. The van der Waals surface area contributed by atoms with E-state index in [1.165, 1.54) is 17.1 Å². The molecule has 0 unspecified atom stereocenters. The van der Waals surface area contributed by atoms with E-state index in [-0.39, 0.29) is 17.3 Å². The molecular formula is C20H17ClFN5O3. The van der Waals surface area contributed by atoms with Gasteiger partial charge in [0.25, 0.3) is 11.8 Å². The van der Waals surface area contributed by atoms with E-state index in [9.17, 15) is 18.8 Å². The molecule has 0 saturated carbocycles. The smallest absolute Gasteiger partial charge is 0.263 e. The zero-order chi connectivity index (χ0) is 21.4. The van der Waals surface area contributed by atoms with Gasteiger partial charge in [-0.25, -0.2) is 9.29 Å². The number of amides is 3. The highest BCUT2D eigenvalue weighted by Gasteiger charge is 2.55. The maximum atomic E-state index is 13.4. The molecule has 8 nitrogen and oxygen atoms in total. The number of anilines is 2. The van der Waals surface area contributed by atoms with Crippen LogP contribution in [0, 0.1) is 5.82 Å². The normalized spacial score (nSPS) is 20.1. The molecule has 0 aromatic heterocycles. The molecule has 30 heavy (non-hydrogen) atoms. The van der Waals surface area contributed by atoms with Crippen LogP contribution in [-0.4, -0.2) is 41.4 Å². The highest BCUT2D eigenvalue weighted by molar-refractivity contribution is 6.32. The predicted molar refractivity (Wildman–Crippen MR) is 107 cm³/mol. The molecule has 0 radical (unpaired) electrons. The quantitative estimate of drug-likeness (QED) is 0.739. The second kappa shape index (κ2) is 7.83. The average Bonchev–Trinajstić information content (AvgIpc) is 3.24. The molecule has 2 atom stereocenters. The van der Waals surface area contributed by atoms with Crippen molar-refractivity contribution in [1.29, 1.82) is 0 Å². The number of hydrogen-bond acceptors (Lipinski definition) is 6. The second-order valence-corrected chi connectivity index (χ2v) is 7.31. The molecule has 4 rings (SSSR count). The Hall–Kier alpha value is -3.33. The van der Waals surface area contributed by atoms with Gasteiger partial charge in [-0.05, 0) is 42.3 Å². The minimum atomic E-state index is -1.06. The van der Waals surface area contributed by atoms with Crippen molar-refractivity contribution in [1.82, 2.24) is 5.01 Å². The third-order valence-corrected chi connectivity index (χ3v) is 5.26. The number of nitrogens with zero attached hydrogens (tertiary/aromatic N) is 4. The highest BCUT2D eigenvalue weighted by Crippen LogP contribution is 2.33. The molecule has 154 valence electrons. The van der Waals surface area contributed by atoms with Crippen LogP contribution in [0.25, 0.3) is 0 Å². The molecule has 2 aliphatic heterocycles. The van der Waals surface area contributed by atoms with Gasteiger partial charge in [-0.2, -0.15) is 5.11 Å². The van der Waals surface area contributed by atoms with Gasteiger partial charge in [-0.1, -0.05) is 35.9 Å². The van der Waals surface area contributed by atoms with Crippen LogP contribution in [0.15, 0.2) is 52.8 Å². The fourth-order valence-electron chi connectivity index (χ4n) is 3.40. The van der Waals surface area contributed by atoms with Crippen LogP contribution in [0.5, 0.6) is 0 Å². The van der Waals surface area contributed by atoms with Crippen LogP contribution < -0.4 is 10.2 Å². The van der Waals surface area contributed by atoms with E-state index < -0.39 is 35.6 Å². The van der Waals surface area contributed by atoms with Crippen molar-refractivity contribution in [3.05, 3.63) is 58.9 Å². The van der Waals surface area contributed by atoms with Crippen LogP contribution in [-0.2, 0) is 20.8 Å². The Labute approximate surface area is 176 Å². The molecule has 2 aliphatic rings. The molecule has 3 amide bonds. The van der Waals surface area contributed by atoms with Gasteiger partial charge >= 0.3 is 0 Å². The first kappa shape index (κ1) is 20.0. The van der Waals surface area contributed by atoms with Crippen molar-refractivity contribution < 1.29 is 18.8 Å². The lowest BCUT2D eigenvalue weighted by molar-refractivity contribution is -0.123. The minimum Gasteiger partial charge on any atom is -0.324 e. The van der Waals surface area contributed by atoms with E-state index in [0.717, 1.165) is 23.0 Å². The summed E-state index contributed by atoms with van der Waals surface area (Å²) in [4.78, 5) is 38.9. The fourth-order valence-corrected chi connectivity index (χ4v) is 3.58. The molecule has 1 fully saturated rings. The number of fused-ring (bicyclic) bond motifs is 1. The summed E-state index contributed by atoms with van der Waals surface area (Å²) in [5.74, 6) is -2.26. The van der Waals surface area contributed by atoms with E-state index in [1.54, 1.807) is 12.1 Å². The summed E-state index contributed by atoms with van der Waals surface area (Å²) in [6.07, 6.45) is 0.886. The standard InChI is InChI=1S/C20H17ClFN5O3/c1-2-11-3-5-12(6-4-11)23-16(28)10-26-18-17(24-25-26)19(29)27(20(18)30)13-7-8-15(22)14(21)9-13/h3-9,17-18H,2,10H2,1H3,(H,23,28)/t17-,18-/m0/s1. The lowest BCUT2D eigenvalue weighted by Crippen LogP contribution is -2.43. The molecule has 1 N–H and O–H groups in total. The molecule has 10 heteroatoms. The third-order valence-electron chi connectivity index (χ3n) is 4.97. The number of nitrogens with one attached hydrogen (secondary N) is 1. The van der Waals surface area contributed by atoms with Gasteiger partial charge in [0, 0.05) is 5.69 Å². The van der Waals surface area contributed by atoms with Crippen LogP contribution in [0.4, 0.5) is 15.8 Å². The van der Waals surface area contributed by atoms with Crippen LogP contribution in [0.1, 0.15) is 12.5 Å².